The molecule has 0 aromatic heterocycles. The summed E-state index contributed by atoms with van der Waals surface area (Å²) in [5.41, 5.74) is 2.06. The van der Waals surface area contributed by atoms with Crippen molar-refractivity contribution < 1.29 is 13.9 Å². The summed E-state index contributed by atoms with van der Waals surface area (Å²) in [6, 6.07) is 14.8. The standard InChI is InChI=1S/C22H25FN2O2/c1-27-18-5-2-4-15(12-18)13-21(26)25-11-3-6-20-22(25)19(14-24-20)16-7-9-17(23)10-8-16/h2,4-5,7-10,12,19-20,22,24H,3,6,11,13-14H2,1H3/t19-,20-,22-/m1/s1. The van der Waals surface area contributed by atoms with Gasteiger partial charge < -0.3 is 15.0 Å². The van der Waals surface area contributed by atoms with Crippen LogP contribution in [-0.2, 0) is 11.2 Å². The third kappa shape index (κ3) is 3.69. The average molecular weight is 368 g/mol. The molecule has 0 radical (unpaired) electrons. The summed E-state index contributed by atoms with van der Waals surface area (Å²) in [6.07, 6.45) is 2.45. The molecule has 3 atom stereocenters. The lowest BCUT2D eigenvalue weighted by molar-refractivity contribution is -0.134. The number of carbonyl (C=O) groups excluding carboxylic acids is 1. The van der Waals surface area contributed by atoms with Crippen LogP contribution < -0.4 is 10.1 Å². The molecule has 2 heterocycles. The summed E-state index contributed by atoms with van der Waals surface area (Å²) >= 11 is 0. The second-order valence-corrected chi connectivity index (χ2v) is 7.42. The van der Waals surface area contributed by atoms with Crippen LogP contribution in [-0.4, -0.2) is 43.1 Å². The van der Waals surface area contributed by atoms with Gasteiger partial charge in [0.25, 0.3) is 0 Å². The Kier molecular flexibility index (Phi) is 5.12. The minimum absolute atomic E-state index is 0.127. The summed E-state index contributed by atoms with van der Waals surface area (Å²) in [4.78, 5) is 15.2. The predicted octanol–water partition coefficient (Wildman–Crippen LogP) is 3.12. The lowest BCUT2D eigenvalue weighted by atomic mass is 9.85. The van der Waals surface area contributed by atoms with Crippen LogP contribution in [0.1, 0.15) is 29.9 Å². The van der Waals surface area contributed by atoms with Crippen molar-refractivity contribution in [3.63, 3.8) is 0 Å². The highest BCUT2D eigenvalue weighted by atomic mass is 19.1. The number of nitrogens with one attached hydrogen (secondary N) is 1. The van der Waals surface area contributed by atoms with Gasteiger partial charge in [-0.2, -0.15) is 0 Å². The molecular formula is C22H25FN2O2. The molecule has 5 heteroatoms. The number of nitrogens with zero attached hydrogens (tertiary/aromatic N) is 1. The van der Waals surface area contributed by atoms with Gasteiger partial charge in [0.15, 0.2) is 0 Å². The van der Waals surface area contributed by atoms with Crippen molar-refractivity contribution in [2.45, 2.75) is 37.3 Å². The third-order valence-electron chi connectivity index (χ3n) is 5.81. The largest absolute Gasteiger partial charge is 0.497 e. The van der Waals surface area contributed by atoms with Crippen LogP contribution in [0.3, 0.4) is 0 Å². The molecule has 1 amide bonds. The van der Waals surface area contributed by atoms with Crippen molar-refractivity contribution >= 4 is 5.91 Å². The highest BCUT2D eigenvalue weighted by Gasteiger charge is 2.44. The number of piperidine rings is 1. The Morgan fingerprint density at radius 2 is 2.07 bits per heavy atom. The molecule has 27 heavy (non-hydrogen) atoms. The third-order valence-corrected chi connectivity index (χ3v) is 5.81. The first kappa shape index (κ1) is 18.0. The number of ether oxygens (including phenoxy) is 1. The molecular weight excluding hydrogens is 343 g/mol. The van der Waals surface area contributed by atoms with E-state index in [1.165, 1.54) is 12.1 Å². The topological polar surface area (TPSA) is 41.6 Å². The number of halogens is 1. The molecule has 2 fully saturated rings. The molecule has 4 nitrogen and oxygen atoms in total. The zero-order valence-electron chi connectivity index (χ0n) is 15.5. The Morgan fingerprint density at radius 3 is 2.85 bits per heavy atom. The lowest BCUT2D eigenvalue weighted by Crippen LogP contribution is -2.53. The van der Waals surface area contributed by atoms with Gasteiger partial charge in [0, 0.05) is 25.0 Å². The van der Waals surface area contributed by atoms with Gasteiger partial charge >= 0.3 is 0 Å². The summed E-state index contributed by atoms with van der Waals surface area (Å²) < 4.78 is 18.6. The highest BCUT2D eigenvalue weighted by molar-refractivity contribution is 5.79. The molecule has 2 aliphatic heterocycles. The summed E-state index contributed by atoms with van der Waals surface area (Å²) in [5.74, 6) is 0.887. The normalized spacial score (nSPS) is 24.5. The van der Waals surface area contributed by atoms with E-state index in [2.05, 4.69) is 5.32 Å². The van der Waals surface area contributed by atoms with E-state index in [9.17, 15) is 9.18 Å². The van der Waals surface area contributed by atoms with Gasteiger partial charge in [0.05, 0.1) is 19.6 Å². The number of methoxy groups -OCH3 is 1. The number of benzene rings is 2. The Hall–Kier alpha value is -2.40. The van der Waals surface area contributed by atoms with Crippen LogP contribution in [0.2, 0.25) is 0 Å². The first-order valence-electron chi connectivity index (χ1n) is 9.57. The van der Waals surface area contributed by atoms with Crippen LogP contribution in [0, 0.1) is 5.82 Å². The minimum atomic E-state index is -0.226. The maximum Gasteiger partial charge on any atom is 0.227 e. The van der Waals surface area contributed by atoms with Gasteiger partial charge in [-0.05, 0) is 48.2 Å². The zero-order valence-corrected chi connectivity index (χ0v) is 15.5. The maximum atomic E-state index is 13.3. The van der Waals surface area contributed by atoms with Gasteiger partial charge in [0.2, 0.25) is 5.91 Å². The van der Waals surface area contributed by atoms with Crippen LogP contribution >= 0.6 is 0 Å². The Bertz CT molecular complexity index is 808. The molecule has 2 saturated heterocycles. The van der Waals surface area contributed by atoms with Crippen LogP contribution in [0.5, 0.6) is 5.75 Å². The van der Waals surface area contributed by atoms with E-state index in [1.807, 2.05) is 41.3 Å². The summed E-state index contributed by atoms with van der Waals surface area (Å²) in [7, 11) is 1.63. The quantitative estimate of drug-likeness (QED) is 0.902. The molecule has 0 saturated carbocycles. The molecule has 0 bridgehead atoms. The summed E-state index contributed by atoms with van der Waals surface area (Å²) in [5, 5.41) is 3.58. The number of amides is 1. The number of hydrogen-bond acceptors (Lipinski definition) is 3. The molecule has 0 spiro atoms. The van der Waals surface area contributed by atoms with Crippen LogP contribution in [0.15, 0.2) is 48.5 Å². The first-order valence-corrected chi connectivity index (χ1v) is 9.57. The van der Waals surface area contributed by atoms with Gasteiger partial charge in [-0.3, -0.25) is 4.79 Å². The molecule has 1 N–H and O–H groups in total. The Labute approximate surface area is 159 Å². The summed E-state index contributed by atoms with van der Waals surface area (Å²) in [6.45, 7) is 1.60. The van der Waals surface area contributed by atoms with Crippen molar-refractivity contribution in [3.05, 3.63) is 65.5 Å². The van der Waals surface area contributed by atoms with E-state index in [-0.39, 0.29) is 23.7 Å². The van der Waals surface area contributed by atoms with Crippen molar-refractivity contribution in [3.8, 4) is 5.75 Å². The molecule has 142 valence electrons. The van der Waals surface area contributed by atoms with Gasteiger partial charge in [-0.15, -0.1) is 0 Å². The van der Waals surface area contributed by atoms with E-state index in [4.69, 9.17) is 4.74 Å². The fourth-order valence-corrected chi connectivity index (χ4v) is 4.51. The van der Waals surface area contributed by atoms with E-state index in [0.717, 1.165) is 42.8 Å². The van der Waals surface area contributed by atoms with Gasteiger partial charge in [-0.1, -0.05) is 24.3 Å². The monoisotopic (exact) mass is 368 g/mol. The number of hydrogen-bond donors (Lipinski definition) is 1. The number of fused-ring (bicyclic) bond motifs is 1. The van der Waals surface area contributed by atoms with Gasteiger partial charge in [0.1, 0.15) is 11.6 Å². The fourth-order valence-electron chi connectivity index (χ4n) is 4.51. The van der Waals surface area contributed by atoms with E-state index in [1.54, 1.807) is 7.11 Å². The van der Waals surface area contributed by atoms with Crippen LogP contribution in [0.4, 0.5) is 4.39 Å². The zero-order chi connectivity index (χ0) is 18.8. The molecule has 2 aromatic rings. The number of rotatable bonds is 4. The molecule has 2 aliphatic rings. The number of likely N-dealkylation sites (tertiary alicyclic amines) is 1. The average Bonchev–Trinajstić information content (AvgIpc) is 3.13. The smallest absolute Gasteiger partial charge is 0.227 e. The second kappa shape index (κ2) is 7.69. The fraction of sp³-hybridized carbons (Fsp3) is 0.409. The first-order chi connectivity index (χ1) is 13.2. The van der Waals surface area contributed by atoms with Crippen molar-refractivity contribution in [1.29, 1.82) is 0 Å². The Morgan fingerprint density at radius 1 is 1.26 bits per heavy atom. The van der Waals surface area contributed by atoms with Crippen molar-refractivity contribution in [1.82, 2.24) is 10.2 Å². The van der Waals surface area contributed by atoms with E-state index < -0.39 is 0 Å². The molecule has 4 rings (SSSR count). The predicted molar refractivity (Wildman–Crippen MR) is 102 cm³/mol. The van der Waals surface area contributed by atoms with Crippen molar-refractivity contribution in [2.24, 2.45) is 0 Å². The maximum absolute atomic E-state index is 13.3. The molecule has 0 aliphatic carbocycles. The van der Waals surface area contributed by atoms with Crippen molar-refractivity contribution in [2.75, 3.05) is 20.2 Å². The van der Waals surface area contributed by atoms with E-state index in [0.29, 0.717) is 12.5 Å². The lowest BCUT2D eigenvalue weighted by Gasteiger charge is -2.40. The SMILES string of the molecule is COc1cccc(CC(=O)N2CCC[C@H]3NC[C@H](c4ccc(F)cc4)[C@H]32)c1. The second-order valence-electron chi connectivity index (χ2n) is 7.42. The Balaban J connectivity index is 1.55. The van der Waals surface area contributed by atoms with E-state index >= 15 is 0 Å². The van der Waals surface area contributed by atoms with Gasteiger partial charge in [-0.25, -0.2) is 4.39 Å². The highest BCUT2D eigenvalue weighted by Crippen LogP contribution is 2.35. The molecule has 2 aromatic carbocycles. The molecule has 0 unspecified atom stereocenters. The van der Waals surface area contributed by atoms with Crippen LogP contribution in [0.25, 0.3) is 0 Å². The minimum Gasteiger partial charge on any atom is -0.497 e. The number of carbonyl (C=O) groups is 1.